The van der Waals surface area contributed by atoms with Gasteiger partial charge in [-0.1, -0.05) is 54.1 Å². The van der Waals surface area contributed by atoms with Crippen molar-refractivity contribution in [1.82, 2.24) is 30.6 Å². The fourth-order valence-electron chi connectivity index (χ4n) is 6.00. The van der Waals surface area contributed by atoms with Crippen molar-refractivity contribution in [2.75, 3.05) is 0 Å². The van der Waals surface area contributed by atoms with Gasteiger partial charge in [0.05, 0.1) is 23.1 Å². The van der Waals surface area contributed by atoms with Crippen molar-refractivity contribution < 1.29 is 0 Å². The number of aromatic amines is 2. The van der Waals surface area contributed by atoms with Crippen LogP contribution >= 0.6 is 11.6 Å². The number of fused-ring (bicyclic) bond motifs is 3. The highest BCUT2D eigenvalue weighted by atomic mass is 35.5. The number of rotatable bonds is 4. The van der Waals surface area contributed by atoms with Gasteiger partial charge >= 0.3 is 0 Å². The molecular weight excluding hydrogens is 480 g/mol. The molecule has 188 valence electrons. The van der Waals surface area contributed by atoms with Crippen molar-refractivity contribution in [2.45, 2.75) is 63.7 Å². The molecule has 5 aromatic rings. The average molecular weight is 511 g/mol. The minimum absolute atomic E-state index is 0.244. The van der Waals surface area contributed by atoms with Gasteiger partial charge in [0.2, 0.25) is 0 Å². The molecule has 0 spiro atoms. The molecular formula is C30H31ClN6. The second-order valence-corrected chi connectivity index (χ2v) is 11.2. The highest BCUT2D eigenvalue weighted by molar-refractivity contribution is 6.31. The molecule has 6 nitrogen and oxygen atoms in total. The van der Waals surface area contributed by atoms with Crippen molar-refractivity contribution in [3.63, 3.8) is 0 Å². The molecule has 0 radical (unpaired) electrons. The van der Waals surface area contributed by atoms with E-state index in [1.807, 2.05) is 0 Å². The predicted molar refractivity (Wildman–Crippen MR) is 151 cm³/mol. The van der Waals surface area contributed by atoms with Gasteiger partial charge in [-0.2, -0.15) is 0 Å². The summed E-state index contributed by atoms with van der Waals surface area (Å²) in [5.74, 6) is 1.97. The molecule has 2 aromatic heterocycles. The zero-order valence-electron chi connectivity index (χ0n) is 21.1. The van der Waals surface area contributed by atoms with Crippen molar-refractivity contribution in [3.8, 4) is 22.4 Å². The number of H-pyrrole nitrogens is 2. The summed E-state index contributed by atoms with van der Waals surface area (Å²) >= 11 is 6.56. The average Bonchev–Trinajstić information content (AvgIpc) is 3.70. The van der Waals surface area contributed by atoms with Crippen molar-refractivity contribution >= 4 is 33.4 Å². The molecule has 2 fully saturated rings. The Morgan fingerprint density at radius 2 is 1.35 bits per heavy atom. The lowest BCUT2D eigenvalue weighted by Crippen LogP contribution is -2.21. The van der Waals surface area contributed by atoms with Crippen LogP contribution in [0.15, 0.2) is 54.6 Å². The Balaban J connectivity index is 1.17. The van der Waals surface area contributed by atoms with Crippen LogP contribution in [0, 0.1) is 0 Å². The number of nitrogens with one attached hydrogen (secondary N) is 4. The van der Waals surface area contributed by atoms with Gasteiger partial charge in [0.15, 0.2) is 0 Å². The highest BCUT2D eigenvalue weighted by Gasteiger charge is 2.26. The normalized spacial score (nSPS) is 24.0. The number of halogens is 1. The van der Waals surface area contributed by atoms with E-state index in [4.69, 9.17) is 21.6 Å². The van der Waals surface area contributed by atoms with Crippen LogP contribution in [0.3, 0.4) is 0 Å². The summed E-state index contributed by atoms with van der Waals surface area (Å²) in [5.41, 5.74) is 6.31. The van der Waals surface area contributed by atoms with Gasteiger partial charge in [-0.15, -0.1) is 0 Å². The van der Waals surface area contributed by atoms with E-state index >= 15 is 0 Å². The minimum Gasteiger partial charge on any atom is -0.341 e. The molecule has 2 aliphatic heterocycles. The summed E-state index contributed by atoms with van der Waals surface area (Å²) in [7, 11) is 0. The van der Waals surface area contributed by atoms with Crippen LogP contribution < -0.4 is 10.6 Å². The molecule has 2 aliphatic rings. The highest BCUT2D eigenvalue weighted by Crippen LogP contribution is 2.34. The Kier molecular flexibility index (Phi) is 5.57. The van der Waals surface area contributed by atoms with E-state index in [9.17, 15) is 0 Å². The first-order valence-electron chi connectivity index (χ1n) is 13.3. The zero-order chi connectivity index (χ0) is 25.1. The zero-order valence-corrected chi connectivity index (χ0v) is 21.9. The van der Waals surface area contributed by atoms with Gasteiger partial charge < -0.3 is 20.6 Å². The van der Waals surface area contributed by atoms with Gasteiger partial charge in [0, 0.05) is 23.0 Å². The molecule has 3 aromatic carbocycles. The first-order chi connectivity index (χ1) is 18.0. The number of benzene rings is 3. The van der Waals surface area contributed by atoms with E-state index < -0.39 is 0 Å². The Hall–Kier alpha value is -3.19. The standard InChI is InChI=1S/C30H31ClN6/c1-16-3-12-24(32-16)29-34-23-14-10-21-15-20(9-11-22(21)27(23)36-29)18-5-7-19(8-6-18)26-28(31)37-30(35-26)25-13-4-17(2)33-25/h5-11,14-17,24-25,32-33H,3-4,12-13H2,1-2H3,(H,34,36)(H,35,37). The summed E-state index contributed by atoms with van der Waals surface area (Å²) in [5, 5.41) is 10.2. The van der Waals surface area contributed by atoms with E-state index in [-0.39, 0.29) is 6.04 Å². The number of nitrogens with zero attached hydrogens (tertiary/aromatic N) is 2. The maximum absolute atomic E-state index is 6.56. The van der Waals surface area contributed by atoms with Crippen LogP contribution in [0.5, 0.6) is 0 Å². The summed E-state index contributed by atoms with van der Waals surface area (Å²) in [4.78, 5) is 16.7. The molecule has 4 unspecified atom stereocenters. The molecule has 37 heavy (non-hydrogen) atoms. The fraction of sp³-hybridized carbons (Fsp3) is 0.333. The Labute approximate surface area is 221 Å². The van der Waals surface area contributed by atoms with E-state index in [0.29, 0.717) is 23.3 Å². The SMILES string of the molecule is CC1CCC(c2nc(-c3ccc(-c4ccc5c(ccc6[nH]c(C7CCC(C)N7)nc65)c4)cc3)c(Cl)[nH]2)N1. The number of imidazole rings is 2. The van der Waals surface area contributed by atoms with E-state index in [2.05, 4.69) is 89.0 Å². The Morgan fingerprint density at radius 3 is 2.03 bits per heavy atom. The Bertz CT molecular complexity index is 1600. The molecule has 0 amide bonds. The quantitative estimate of drug-likeness (QED) is 0.209. The smallest absolute Gasteiger partial charge is 0.134 e. The van der Waals surface area contributed by atoms with Crippen LogP contribution in [0.4, 0.5) is 0 Å². The molecule has 4 heterocycles. The second-order valence-electron chi connectivity index (χ2n) is 10.8. The molecule has 4 N–H and O–H groups in total. The van der Waals surface area contributed by atoms with E-state index in [1.165, 1.54) is 22.8 Å². The number of aromatic nitrogens is 4. The van der Waals surface area contributed by atoms with Crippen molar-refractivity contribution in [1.29, 1.82) is 0 Å². The molecule has 2 saturated heterocycles. The van der Waals surface area contributed by atoms with Crippen LogP contribution in [-0.2, 0) is 0 Å². The van der Waals surface area contributed by atoms with Crippen molar-refractivity contribution in [2.24, 2.45) is 0 Å². The third-order valence-corrected chi connectivity index (χ3v) is 8.34. The Morgan fingerprint density at radius 1 is 0.703 bits per heavy atom. The number of hydrogen-bond acceptors (Lipinski definition) is 4. The topological polar surface area (TPSA) is 81.4 Å². The van der Waals surface area contributed by atoms with Gasteiger partial charge in [-0.3, -0.25) is 0 Å². The second kappa shape index (κ2) is 8.98. The van der Waals surface area contributed by atoms with Gasteiger partial charge in [0.25, 0.3) is 0 Å². The van der Waals surface area contributed by atoms with Crippen LogP contribution in [0.2, 0.25) is 5.15 Å². The third kappa shape index (κ3) is 4.13. The van der Waals surface area contributed by atoms with Gasteiger partial charge in [0.1, 0.15) is 22.5 Å². The summed E-state index contributed by atoms with van der Waals surface area (Å²) in [6, 6.07) is 21.1. The summed E-state index contributed by atoms with van der Waals surface area (Å²) in [6.45, 7) is 4.45. The molecule has 0 bridgehead atoms. The van der Waals surface area contributed by atoms with Crippen molar-refractivity contribution in [3.05, 3.63) is 71.4 Å². The van der Waals surface area contributed by atoms with Gasteiger partial charge in [-0.05, 0) is 68.2 Å². The van der Waals surface area contributed by atoms with Crippen LogP contribution in [0.1, 0.15) is 63.3 Å². The lowest BCUT2D eigenvalue weighted by atomic mass is 9.99. The maximum atomic E-state index is 6.56. The largest absolute Gasteiger partial charge is 0.341 e. The van der Waals surface area contributed by atoms with E-state index in [1.54, 1.807) is 0 Å². The molecule has 7 heteroatoms. The maximum Gasteiger partial charge on any atom is 0.134 e. The van der Waals surface area contributed by atoms with Gasteiger partial charge in [-0.25, -0.2) is 9.97 Å². The summed E-state index contributed by atoms with van der Waals surface area (Å²) in [6.07, 6.45) is 4.55. The lowest BCUT2D eigenvalue weighted by molar-refractivity contribution is 0.564. The monoisotopic (exact) mass is 510 g/mol. The molecule has 4 atom stereocenters. The third-order valence-electron chi connectivity index (χ3n) is 8.06. The molecule has 7 rings (SSSR count). The number of hydrogen-bond donors (Lipinski definition) is 4. The molecule has 0 saturated carbocycles. The van der Waals surface area contributed by atoms with Crippen LogP contribution in [-0.4, -0.2) is 32.0 Å². The summed E-state index contributed by atoms with van der Waals surface area (Å²) < 4.78 is 0. The predicted octanol–water partition coefficient (Wildman–Crippen LogP) is 7.05. The fourth-order valence-corrected chi connectivity index (χ4v) is 6.24. The van der Waals surface area contributed by atoms with Crippen LogP contribution in [0.25, 0.3) is 44.2 Å². The molecule has 0 aliphatic carbocycles. The first-order valence-corrected chi connectivity index (χ1v) is 13.7. The minimum atomic E-state index is 0.244. The first kappa shape index (κ1) is 23.0. The van der Waals surface area contributed by atoms with E-state index in [0.717, 1.165) is 58.8 Å². The lowest BCUT2D eigenvalue weighted by Gasteiger charge is -2.08.